The molecule has 238 valence electrons. The van der Waals surface area contributed by atoms with Gasteiger partial charge in [-0.3, -0.25) is 33.3 Å². The highest BCUT2D eigenvalue weighted by Gasteiger charge is 2.56. The van der Waals surface area contributed by atoms with E-state index < -0.39 is 45.8 Å². The van der Waals surface area contributed by atoms with Crippen LogP contribution in [-0.2, 0) is 41.3 Å². The van der Waals surface area contributed by atoms with Gasteiger partial charge >= 0.3 is 11.8 Å². The fourth-order valence-electron chi connectivity index (χ4n) is 7.11. The van der Waals surface area contributed by atoms with Crippen molar-refractivity contribution in [1.82, 2.24) is 39.3 Å². The standard InChI is InChI=1S/C31H37FN8O5/c1-19-15-20(5-6-22(19)32)16-33-25(42)23-24(41)26(43)39-18-30(38-13-14-40-21(17-38)7-12-34-40)8-10-31(11-9-30,29(39)35-23)37(4)28(45)27(44)36(2)3/h5-7,12,15,41H,8-11,13-14,16-18H2,1-4H3,(H,33,42). The van der Waals surface area contributed by atoms with Crippen molar-refractivity contribution >= 4 is 17.7 Å². The Morgan fingerprint density at radius 1 is 1.07 bits per heavy atom. The average molecular weight is 621 g/mol. The van der Waals surface area contributed by atoms with Crippen molar-refractivity contribution in [3.63, 3.8) is 0 Å². The van der Waals surface area contributed by atoms with Crippen LogP contribution in [0.2, 0.25) is 0 Å². The van der Waals surface area contributed by atoms with Crippen LogP contribution in [0.3, 0.4) is 0 Å². The molecular weight excluding hydrogens is 583 g/mol. The first-order valence-electron chi connectivity index (χ1n) is 15.0. The maximum absolute atomic E-state index is 14.0. The van der Waals surface area contributed by atoms with E-state index in [2.05, 4.69) is 20.3 Å². The SMILES string of the molecule is Cc1cc(CNC(=O)c2nc3n(c(=O)c2O)CC2(N4CCn5nccc5C4)CCC3(N(C)C(=O)C(=O)N(C)C)CC2)ccc1F. The predicted molar refractivity (Wildman–Crippen MR) is 159 cm³/mol. The van der Waals surface area contributed by atoms with Gasteiger partial charge < -0.3 is 20.2 Å². The van der Waals surface area contributed by atoms with Gasteiger partial charge in [-0.15, -0.1) is 0 Å². The minimum atomic E-state index is -1.18. The summed E-state index contributed by atoms with van der Waals surface area (Å²) in [4.78, 5) is 63.3. The molecule has 14 heteroatoms. The van der Waals surface area contributed by atoms with Gasteiger partial charge in [0.25, 0.3) is 11.5 Å². The quantitative estimate of drug-likeness (QED) is 0.404. The normalized spacial score (nSPS) is 22.2. The fourth-order valence-corrected chi connectivity index (χ4v) is 7.11. The number of likely N-dealkylation sites (N-methyl/N-ethyl adjacent to an activating group) is 2. The summed E-state index contributed by atoms with van der Waals surface area (Å²) in [7, 11) is 4.51. The number of nitrogens with one attached hydrogen (secondary N) is 1. The molecule has 45 heavy (non-hydrogen) atoms. The van der Waals surface area contributed by atoms with Gasteiger partial charge in [-0.05, 0) is 55.9 Å². The molecule has 13 nitrogen and oxygen atoms in total. The number of rotatable bonds is 5. The lowest BCUT2D eigenvalue weighted by Crippen LogP contribution is -2.58. The second-order valence-corrected chi connectivity index (χ2v) is 12.6. The number of hydrogen-bond donors (Lipinski definition) is 2. The highest BCUT2D eigenvalue weighted by Crippen LogP contribution is 2.51. The summed E-state index contributed by atoms with van der Waals surface area (Å²) in [5.41, 5.74) is -0.848. The molecule has 1 saturated carbocycles. The molecule has 1 fully saturated rings. The zero-order valence-corrected chi connectivity index (χ0v) is 25.8. The van der Waals surface area contributed by atoms with Crippen molar-refractivity contribution in [2.45, 2.75) is 69.9 Å². The number of aromatic hydroxyl groups is 1. The molecule has 1 aliphatic carbocycles. The van der Waals surface area contributed by atoms with Crippen molar-refractivity contribution in [2.24, 2.45) is 0 Å². The first-order chi connectivity index (χ1) is 21.4. The van der Waals surface area contributed by atoms with Gasteiger partial charge in [-0.2, -0.15) is 5.10 Å². The number of halogens is 1. The van der Waals surface area contributed by atoms with Crippen LogP contribution >= 0.6 is 0 Å². The minimum absolute atomic E-state index is 0.00894. The van der Waals surface area contributed by atoms with Gasteiger partial charge in [0.05, 0.1) is 12.2 Å². The van der Waals surface area contributed by atoms with Crippen molar-refractivity contribution in [3.05, 3.63) is 75.0 Å². The number of nitrogens with zero attached hydrogens (tertiary/aromatic N) is 7. The van der Waals surface area contributed by atoms with Crippen LogP contribution < -0.4 is 10.9 Å². The highest BCUT2D eigenvalue weighted by molar-refractivity contribution is 6.34. The van der Waals surface area contributed by atoms with E-state index in [1.54, 1.807) is 19.2 Å². The number of benzene rings is 1. The molecule has 5 heterocycles. The first-order valence-corrected chi connectivity index (χ1v) is 15.0. The Bertz CT molecular complexity index is 1760. The second-order valence-electron chi connectivity index (χ2n) is 12.6. The van der Waals surface area contributed by atoms with Crippen LogP contribution in [0.15, 0.2) is 35.3 Å². The van der Waals surface area contributed by atoms with Gasteiger partial charge in [0.2, 0.25) is 5.75 Å². The predicted octanol–water partition coefficient (Wildman–Crippen LogP) is 1.11. The molecule has 0 radical (unpaired) electrons. The highest BCUT2D eigenvalue weighted by atomic mass is 19.1. The zero-order valence-electron chi connectivity index (χ0n) is 25.8. The molecule has 0 saturated heterocycles. The number of hydrogen-bond acceptors (Lipinski definition) is 8. The topological polar surface area (TPSA) is 146 Å². The van der Waals surface area contributed by atoms with E-state index in [-0.39, 0.29) is 24.7 Å². The van der Waals surface area contributed by atoms with E-state index in [1.165, 1.54) is 47.6 Å². The summed E-state index contributed by atoms with van der Waals surface area (Å²) in [5.74, 6) is -3.28. The Morgan fingerprint density at radius 2 is 1.80 bits per heavy atom. The van der Waals surface area contributed by atoms with E-state index in [4.69, 9.17) is 0 Å². The molecule has 2 bridgehead atoms. The lowest BCUT2D eigenvalue weighted by atomic mass is 9.71. The molecule has 0 atom stereocenters. The maximum atomic E-state index is 14.0. The number of carbonyl (C=O) groups excluding carboxylic acids is 3. The van der Waals surface area contributed by atoms with Crippen molar-refractivity contribution in [3.8, 4) is 5.75 Å². The lowest BCUT2D eigenvalue weighted by Gasteiger charge is -2.51. The minimum Gasteiger partial charge on any atom is -0.501 e. The largest absolute Gasteiger partial charge is 0.501 e. The Kier molecular flexibility index (Phi) is 7.50. The van der Waals surface area contributed by atoms with Gasteiger partial charge in [0, 0.05) is 59.1 Å². The number of aromatic nitrogens is 4. The van der Waals surface area contributed by atoms with Crippen molar-refractivity contribution in [2.75, 3.05) is 27.7 Å². The lowest BCUT2D eigenvalue weighted by molar-refractivity contribution is -0.155. The van der Waals surface area contributed by atoms with Crippen molar-refractivity contribution < 1.29 is 23.9 Å². The molecule has 3 aliphatic heterocycles. The molecule has 1 aromatic carbocycles. The molecule has 2 N–H and O–H groups in total. The van der Waals surface area contributed by atoms with Crippen molar-refractivity contribution in [1.29, 1.82) is 0 Å². The summed E-state index contributed by atoms with van der Waals surface area (Å²) in [6.07, 6.45) is 3.72. The van der Waals surface area contributed by atoms with Crippen LogP contribution in [-0.4, -0.2) is 90.1 Å². The third-order valence-electron chi connectivity index (χ3n) is 9.86. The van der Waals surface area contributed by atoms with Crippen LogP contribution in [0, 0.1) is 12.7 Å². The molecule has 2 aromatic heterocycles. The number of fused-ring (bicyclic) bond motifs is 3. The Labute approximate surface area is 259 Å². The van der Waals surface area contributed by atoms with Crippen LogP contribution in [0.5, 0.6) is 5.75 Å². The monoisotopic (exact) mass is 620 g/mol. The van der Waals surface area contributed by atoms with E-state index in [0.29, 0.717) is 56.4 Å². The second kappa shape index (κ2) is 11.1. The van der Waals surface area contributed by atoms with Gasteiger partial charge in [0.1, 0.15) is 17.2 Å². The summed E-state index contributed by atoms with van der Waals surface area (Å²) < 4.78 is 17.1. The molecule has 4 aliphatic rings. The maximum Gasteiger partial charge on any atom is 0.312 e. The van der Waals surface area contributed by atoms with Gasteiger partial charge in [0.15, 0.2) is 5.69 Å². The van der Waals surface area contributed by atoms with Crippen LogP contribution in [0.1, 0.15) is 58.8 Å². The average Bonchev–Trinajstić information content (AvgIpc) is 3.40. The third-order valence-corrected chi connectivity index (χ3v) is 9.86. The van der Waals surface area contributed by atoms with E-state index >= 15 is 0 Å². The summed E-state index contributed by atoms with van der Waals surface area (Å²) >= 11 is 0. The number of carbonyl (C=O) groups is 3. The number of amides is 3. The first kappa shape index (κ1) is 30.4. The number of aryl methyl sites for hydroxylation is 1. The molecular formula is C31H37FN8O5. The molecule has 0 spiro atoms. The van der Waals surface area contributed by atoms with Crippen LogP contribution in [0.25, 0.3) is 0 Å². The zero-order chi connectivity index (χ0) is 32.3. The Balaban J connectivity index is 1.42. The third kappa shape index (κ3) is 4.96. The van der Waals surface area contributed by atoms with Gasteiger partial charge in [-0.25, -0.2) is 9.37 Å². The molecule has 3 aromatic rings. The summed E-state index contributed by atoms with van der Waals surface area (Å²) in [6, 6.07) is 6.40. The van der Waals surface area contributed by atoms with E-state index in [9.17, 15) is 28.7 Å². The fraction of sp³-hybridized carbons (Fsp3) is 0.484. The van der Waals surface area contributed by atoms with E-state index in [1.807, 2.05) is 10.7 Å². The Hall–Kier alpha value is -4.59. The summed E-state index contributed by atoms with van der Waals surface area (Å²) in [6.45, 7) is 3.81. The Morgan fingerprint density at radius 3 is 2.49 bits per heavy atom. The smallest absolute Gasteiger partial charge is 0.312 e. The molecule has 3 amide bonds. The van der Waals surface area contributed by atoms with Crippen LogP contribution in [0.4, 0.5) is 4.39 Å². The molecule has 0 unspecified atom stereocenters. The van der Waals surface area contributed by atoms with Gasteiger partial charge in [-0.1, -0.05) is 12.1 Å². The summed E-state index contributed by atoms with van der Waals surface area (Å²) in [5, 5.41) is 18.2. The van der Waals surface area contributed by atoms with E-state index in [0.717, 1.165) is 5.69 Å². The molecule has 7 rings (SSSR count).